The predicted molar refractivity (Wildman–Crippen MR) is 146 cm³/mol. The van der Waals surface area contributed by atoms with E-state index in [0.717, 1.165) is 31.9 Å². The van der Waals surface area contributed by atoms with Gasteiger partial charge in [0.1, 0.15) is 17.6 Å². The maximum Gasteiger partial charge on any atom is 0.242 e. The number of anilines is 1. The summed E-state index contributed by atoms with van der Waals surface area (Å²) in [6.45, 7) is 1.57. The van der Waals surface area contributed by atoms with Crippen LogP contribution in [0.5, 0.6) is 5.75 Å². The van der Waals surface area contributed by atoms with Gasteiger partial charge in [0.15, 0.2) is 0 Å². The van der Waals surface area contributed by atoms with Crippen LogP contribution in [0.3, 0.4) is 0 Å². The Bertz CT molecular complexity index is 1240. The van der Waals surface area contributed by atoms with Crippen LogP contribution >= 0.6 is 11.6 Å². The highest BCUT2D eigenvalue weighted by molar-refractivity contribution is 7.92. The largest absolute Gasteiger partial charge is 0.495 e. The zero-order chi connectivity index (χ0) is 27.9. The Balaban J connectivity index is 1.74. The maximum absolute atomic E-state index is 14.4. The van der Waals surface area contributed by atoms with Crippen LogP contribution < -0.4 is 14.4 Å². The Morgan fingerprint density at radius 3 is 2.47 bits per heavy atom. The van der Waals surface area contributed by atoms with Crippen LogP contribution in [0.1, 0.15) is 51.0 Å². The van der Waals surface area contributed by atoms with Gasteiger partial charge in [-0.25, -0.2) is 12.8 Å². The summed E-state index contributed by atoms with van der Waals surface area (Å²) in [4.78, 5) is 27.7. The molecule has 1 aliphatic carbocycles. The van der Waals surface area contributed by atoms with Gasteiger partial charge in [0.25, 0.3) is 0 Å². The van der Waals surface area contributed by atoms with Crippen LogP contribution in [0, 0.1) is 5.82 Å². The lowest BCUT2D eigenvalue weighted by Crippen LogP contribution is -2.49. The smallest absolute Gasteiger partial charge is 0.242 e. The summed E-state index contributed by atoms with van der Waals surface area (Å²) < 4.78 is 45.8. The van der Waals surface area contributed by atoms with Gasteiger partial charge in [-0.1, -0.05) is 42.6 Å². The topological polar surface area (TPSA) is 96.0 Å². The molecule has 0 aliphatic heterocycles. The van der Waals surface area contributed by atoms with Gasteiger partial charge >= 0.3 is 0 Å². The minimum Gasteiger partial charge on any atom is -0.495 e. The molecule has 2 aromatic rings. The number of hydrogen-bond donors (Lipinski definition) is 1. The molecule has 1 aliphatic rings. The maximum atomic E-state index is 14.4. The molecule has 0 saturated heterocycles. The highest BCUT2D eigenvalue weighted by atomic mass is 35.5. The minimum atomic E-state index is -3.67. The van der Waals surface area contributed by atoms with E-state index in [2.05, 4.69) is 5.32 Å². The molecule has 38 heavy (non-hydrogen) atoms. The average molecular weight is 568 g/mol. The lowest BCUT2D eigenvalue weighted by molar-refractivity contribution is -0.141. The Kier molecular flexibility index (Phi) is 10.4. The van der Waals surface area contributed by atoms with Crippen molar-refractivity contribution in [3.05, 3.63) is 58.9 Å². The van der Waals surface area contributed by atoms with Crippen molar-refractivity contribution in [3.8, 4) is 5.75 Å². The fraction of sp³-hybridized carbons (Fsp3) is 0.481. The lowest BCUT2D eigenvalue weighted by atomic mass is 10.1. The monoisotopic (exact) mass is 567 g/mol. The second-order valence-electron chi connectivity index (χ2n) is 9.54. The van der Waals surface area contributed by atoms with Crippen LogP contribution in [0.15, 0.2) is 42.5 Å². The molecule has 0 heterocycles. The normalized spacial score (nSPS) is 14.7. The molecule has 1 saturated carbocycles. The van der Waals surface area contributed by atoms with Gasteiger partial charge in [0, 0.05) is 31.1 Å². The molecule has 1 N–H and O–H groups in total. The van der Waals surface area contributed by atoms with E-state index in [1.165, 1.54) is 28.4 Å². The standard InChI is InChI=1S/C27H35ClFN3O5S/c1-19(27(34)30-21-10-5-6-11-21)31(18-20-9-4-7-12-24(20)29)26(33)13-8-16-32(38(3,35)36)22-14-15-25(37-2)23(28)17-22/h4,7,9,12,14-15,17,19,21H,5-6,8,10-11,13,16,18H2,1-3H3,(H,30,34)/t19-/m1/s1. The Labute approximate surface area is 229 Å². The molecule has 0 spiro atoms. The average Bonchev–Trinajstić information content (AvgIpc) is 3.38. The number of rotatable bonds is 12. The number of nitrogens with zero attached hydrogens (tertiary/aromatic N) is 2. The first-order chi connectivity index (χ1) is 18.0. The summed E-state index contributed by atoms with van der Waals surface area (Å²) >= 11 is 6.19. The van der Waals surface area contributed by atoms with Gasteiger partial charge in [-0.15, -0.1) is 0 Å². The fourth-order valence-electron chi connectivity index (χ4n) is 4.60. The van der Waals surface area contributed by atoms with Crippen molar-refractivity contribution in [1.29, 1.82) is 0 Å². The van der Waals surface area contributed by atoms with Crippen molar-refractivity contribution in [1.82, 2.24) is 10.2 Å². The summed E-state index contributed by atoms with van der Waals surface area (Å²) in [5.74, 6) is -0.711. The summed E-state index contributed by atoms with van der Waals surface area (Å²) in [5.41, 5.74) is 0.644. The number of carbonyl (C=O) groups is 2. The summed E-state index contributed by atoms with van der Waals surface area (Å²) in [5, 5.41) is 3.27. The fourth-order valence-corrected chi connectivity index (χ4v) is 5.81. The van der Waals surface area contributed by atoms with E-state index in [1.807, 2.05) is 0 Å². The van der Waals surface area contributed by atoms with E-state index in [1.54, 1.807) is 37.3 Å². The van der Waals surface area contributed by atoms with Crippen molar-refractivity contribution in [2.24, 2.45) is 0 Å². The molecule has 2 amide bonds. The van der Waals surface area contributed by atoms with E-state index < -0.39 is 21.9 Å². The van der Waals surface area contributed by atoms with E-state index in [-0.39, 0.29) is 48.8 Å². The predicted octanol–water partition coefficient (Wildman–Crippen LogP) is 4.51. The van der Waals surface area contributed by atoms with Crippen molar-refractivity contribution in [2.45, 2.75) is 64.1 Å². The lowest BCUT2D eigenvalue weighted by Gasteiger charge is -2.30. The molecule has 0 aromatic heterocycles. The number of amides is 2. The van der Waals surface area contributed by atoms with Crippen molar-refractivity contribution in [2.75, 3.05) is 24.2 Å². The van der Waals surface area contributed by atoms with Gasteiger partial charge in [-0.2, -0.15) is 0 Å². The van der Waals surface area contributed by atoms with Gasteiger partial charge in [0.2, 0.25) is 21.8 Å². The summed E-state index contributed by atoms with van der Waals surface area (Å²) in [6.07, 6.45) is 5.12. The number of sulfonamides is 1. The van der Waals surface area contributed by atoms with Crippen molar-refractivity contribution >= 4 is 39.1 Å². The SMILES string of the molecule is COc1ccc(N(CCCC(=O)N(Cc2ccccc2F)[C@H](C)C(=O)NC2CCCC2)S(C)(=O)=O)cc1Cl. The number of carbonyl (C=O) groups excluding carboxylic acids is 2. The number of ether oxygens (including phenoxy) is 1. The third-order valence-corrected chi connectivity index (χ3v) is 8.23. The molecule has 11 heteroatoms. The highest BCUT2D eigenvalue weighted by Crippen LogP contribution is 2.30. The number of halogens is 2. The summed E-state index contributed by atoms with van der Waals surface area (Å²) in [7, 11) is -2.21. The van der Waals surface area contributed by atoms with Crippen LogP contribution in [-0.2, 0) is 26.2 Å². The Morgan fingerprint density at radius 1 is 1.18 bits per heavy atom. The van der Waals surface area contributed by atoms with E-state index in [9.17, 15) is 22.4 Å². The molecule has 8 nitrogen and oxygen atoms in total. The zero-order valence-electron chi connectivity index (χ0n) is 22.0. The van der Waals surface area contributed by atoms with Gasteiger partial charge < -0.3 is 15.0 Å². The number of hydrogen-bond acceptors (Lipinski definition) is 5. The second-order valence-corrected chi connectivity index (χ2v) is 11.9. The first kappa shape index (κ1) is 29.7. The van der Waals surface area contributed by atoms with Crippen LogP contribution in [-0.4, -0.2) is 57.1 Å². The Morgan fingerprint density at radius 2 is 1.87 bits per heavy atom. The Hall–Kier alpha value is -2.85. The van der Waals surface area contributed by atoms with E-state index >= 15 is 0 Å². The molecular formula is C27H35ClFN3O5S. The summed E-state index contributed by atoms with van der Waals surface area (Å²) in [6, 6.07) is 10.0. The minimum absolute atomic E-state index is 0.0173. The van der Waals surface area contributed by atoms with Gasteiger partial charge in [-0.3, -0.25) is 13.9 Å². The molecule has 208 valence electrons. The number of methoxy groups -OCH3 is 1. The van der Waals surface area contributed by atoms with Gasteiger partial charge in [-0.05, 0) is 50.5 Å². The van der Waals surface area contributed by atoms with Crippen LogP contribution in [0.25, 0.3) is 0 Å². The molecule has 0 radical (unpaired) electrons. The number of benzene rings is 2. The molecule has 3 rings (SSSR count). The van der Waals surface area contributed by atoms with Crippen LogP contribution in [0.2, 0.25) is 5.02 Å². The van der Waals surface area contributed by atoms with Crippen molar-refractivity contribution < 1.29 is 27.1 Å². The third-order valence-electron chi connectivity index (χ3n) is 6.74. The van der Waals surface area contributed by atoms with E-state index in [0.29, 0.717) is 17.0 Å². The van der Waals surface area contributed by atoms with Gasteiger partial charge in [0.05, 0.1) is 24.1 Å². The van der Waals surface area contributed by atoms with Crippen molar-refractivity contribution in [3.63, 3.8) is 0 Å². The molecule has 2 aromatic carbocycles. The highest BCUT2D eigenvalue weighted by Gasteiger charge is 2.29. The van der Waals surface area contributed by atoms with Crippen LogP contribution in [0.4, 0.5) is 10.1 Å². The quantitative estimate of drug-likeness (QED) is 0.407. The third kappa shape index (κ3) is 7.83. The molecule has 1 atom stereocenters. The first-order valence-electron chi connectivity index (χ1n) is 12.7. The zero-order valence-corrected chi connectivity index (χ0v) is 23.5. The molecule has 0 bridgehead atoms. The first-order valence-corrected chi connectivity index (χ1v) is 14.9. The van der Waals surface area contributed by atoms with E-state index in [4.69, 9.17) is 16.3 Å². The molecular weight excluding hydrogens is 533 g/mol. The molecule has 1 fully saturated rings. The number of nitrogens with one attached hydrogen (secondary N) is 1. The second kappa shape index (κ2) is 13.3. The molecule has 0 unspecified atom stereocenters.